The molecule has 1 aliphatic carbocycles. The summed E-state index contributed by atoms with van der Waals surface area (Å²) in [5.41, 5.74) is 3.05. The summed E-state index contributed by atoms with van der Waals surface area (Å²) in [5.74, 6) is 1.14. The van der Waals surface area contributed by atoms with E-state index in [4.69, 9.17) is 16.0 Å². The molecule has 2 aliphatic rings. The van der Waals surface area contributed by atoms with E-state index in [0.29, 0.717) is 52.9 Å². The third kappa shape index (κ3) is 2.81. The van der Waals surface area contributed by atoms with Crippen LogP contribution in [0.4, 0.5) is 5.82 Å². The SMILES string of the molecule is Cc1oc2ncnc(NC3(C)CC3)c2c1C(=O)N1CCc2c(ccnc2Cl)C1. The van der Waals surface area contributed by atoms with Gasteiger partial charge in [-0.05, 0) is 50.3 Å². The fourth-order valence-electron chi connectivity index (χ4n) is 3.77. The van der Waals surface area contributed by atoms with E-state index < -0.39 is 0 Å². The average Bonchev–Trinajstić information content (AvgIpc) is 3.29. The monoisotopic (exact) mass is 397 g/mol. The number of fused-ring (bicyclic) bond motifs is 2. The molecule has 0 atom stereocenters. The fraction of sp³-hybridized carbons (Fsp3) is 0.400. The van der Waals surface area contributed by atoms with Gasteiger partial charge in [0.05, 0.1) is 10.9 Å². The summed E-state index contributed by atoms with van der Waals surface area (Å²) in [5, 5.41) is 4.65. The first-order valence-electron chi connectivity index (χ1n) is 9.39. The van der Waals surface area contributed by atoms with E-state index in [2.05, 4.69) is 27.2 Å². The molecule has 3 aromatic rings. The number of nitrogens with one attached hydrogen (secondary N) is 1. The standard InChI is InChI=1S/C20H20ClN5O2/c1-11-14(15-17(25-20(2)5-6-20)23-10-24-18(15)28-11)19(27)26-8-4-13-12(9-26)3-7-22-16(13)21/h3,7,10H,4-6,8-9H2,1-2H3,(H,23,24,25). The molecule has 1 amide bonds. The molecule has 5 rings (SSSR count). The Morgan fingerprint density at radius 2 is 2.14 bits per heavy atom. The Labute approximate surface area is 167 Å². The second-order valence-corrected chi connectivity index (χ2v) is 8.20. The van der Waals surface area contributed by atoms with Crippen molar-refractivity contribution in [2.24, 2.45) is 0 Å². The van der Waals surface area contributed by atoms with Crippen molar-refractivity contribution in [2.45, 2.75) is 45.2 Å². The van der Waals surface area contributed by atoms with Crippen LogP contribution in [-0.2, 0) is 13.0 Å². The number of aryl methyl sites for hydroxylation is 1. The predicted molar refractivity (Wildman–Crippen MR) is 105 cm³/mol. The van der Waals surface area contributed by atoms with Crippen molar-refractivity contribution in [2.75, 3.05) is 11.9 Å². The lowest BCUT2D eigenvalue weighted by molar-refractivity contribution is 0.0734. The highest BCUT2D eigenvalue weighted by atomic mass is 35.5. The third-order valence-corrected chi connectivity index (χ3v) is 6.00. The van der Waals surface area contributed by atoms with Gasteiger partial charge in [0.1, 0.15) is 23.1 Å². The normalized spacial score (nSPS) is 17.5. The second kappa shape index (κ2) is 6.17. The molecule has 0 unspecified atom stereocenters. The topological polar surface area (TPSA) is 84.2 Å². The van der Waals surface area contributed by atoms with Crippen molar-refractivity contribution in [3.63, 3.8) is 0 Å². The second-order valence-electron chi connectivity index (χ2n) is 7.84. The number of amides is 1. The van der Waals surface area contributed by atoms with Crippen LogP contribution in [0.25, 0.3) is 11.1 Å². The van der Waals surface area contributed by atoms with Gasteiger partial charge < -0.3 is 14.6 Å². The van der Waals surface area contributed by atoms with E-state index >= 15 is 0 Å². The van der Waals surface area contributed by atoms with Crippen LogP contribution in [0.1, 0.15) is 47.0 Å². The van der Waals surface area contributed by atoms with Gasteiger partial charge in [-0.1, -0.05) is 11.6 Å². The van der Waals surface area contributed by atoms with Gasteiger partial charge in [0.25, 0.3) is 5.91 Å². The first kappa shape index (κ1) is 17.4. The van der Waals surface area contributed by atoms with Gasteiger partial charge in [0.15, 0.2) is 0 Å². The molecule has 8 heteroatoms. The van der Waals surface area contributed by atoms with Gasteiger partial charge in [-0.15, -0.1) is 0 Å². The van der Waals surface area contributed by atoms with E-state index in [-0.39, 0.29) is 11.4 Å². The Balaban J connectivity index is 1.54. The number of rotatable bonds is 3. The van der Waals surface area contributed by atoms with Crippen LogP contribution in [0.2, 0.25) is 5.15 Å². The number of halogens is 1. The van der Waals surface area contributed by atoms with Crippen molar-refractivity contribution >= 4 is 34.4 Å². The molecule has 1 fully saturated rings. The van der Waals surface area contributed by atoms with Crippen LogP contribution >= 0.6 is 11.6 Å². The van der Waals surface area contributed by atoms with Gasteiger partial charge in [-0.25, -0.2) is 15.0 Å². The summed E-state index contributed by atoms with van der Waals surface area (Å²) >= 11 is 6.21. The molecule has 4 heterocycles. The lowest BCUT2D eigenvalue weighted by Gasteiger charge is -2.29. The number of carbonyl (C=O) groups is 1. The van der Waals surface area contributed by atoms with Gasteiger partial charge >= 0.3 is 0 Å². The van der Waals surface area contributed by atoms with Crippen LogP contribution in [0.5, 0.6) is 0 Å². The molecule has 0 spiro atoms. The third-order valence-electron chi connectivity index (χ3n) is 5.68. The maximum atomic E-state index is 13.5. The zero-order valence-electron chi connectivity index (χ0n) is 15.8. The number of furan rings is 1. The van der Waals surface area contributed by atoms with Crippen LogP contribution in [0, 0.1) is 6.92 Å². The van der Waals surface area contributed by atoms with Crippen molar-refractivity contribution in [1.82, 2.24) is 19.9 Å². The highest BCUT2D eigenvalue weighted by Crippen LogP contribution is 2.40. The first-order valence-corrected chi connectivity index (χ1v) is 9.77. The highest BCUT2D eigenvalue weighted by Gasteiger charge is 2.39. The summed E-state index contributed by atoms with van der Waals surface area (Å²) in [6, 6.07) is 1.92. The fourth-order valence-corrected chi connectivity index (χ4v) is 4.05. The number of nitrogens with zero attached hydrogens (tertiary/aromatic N) is 4. The minimum atomic E-state index is -0.0753. The molecule has 1 aliphatic heterocycles. The van der Waals surface area contributed by atoms with Gasteiger partial charge in [-0.3, -0.25) is 4.79 Å². The van der Waals surface area contributed by atoms with Crippen molar-refractivity contribution in [1.29, 1.82) is 0 Å². The number of anilines is 1. The minimum Gasteiger partial charge on any atom is -0.442 e. The highest BCUT2D eigenvalue weighted by molar-refractivity contribution is 6.30. The quantitative estimate of drug-likeness (QED) is 0.678. The Kier molecular flexibility index (Phi) is 3.84. The molecule has 0 saturated heterocycles. The van der Waals surface area contributed by atoms with Gasteiger partial charge in [-0.2, -0.15) is 0 Å². The van der Waals surface area contributed by atoms with E-state index in [9.17, 15) is 4.79 Å². The zero-order chi connectivity index (χ0) is 19.5. The molecule has 3 aromatic heterocycles. The number of aromatic nitrogens is 3. The van der Waals surface area contributed by atoms with E-state index in [1.807, 2.05) is 11.0 Å². The van der Waals surface area contributed by atoms with Crippen LogP contribution in [0.15, 0.2) is 23.0 Å². The summed E-state index contributed by atoms with van der Waals surface area (Å²) in [4.78, 5) is 28.1. The molecular weight excluding hydrogens is 378 g/mol. The molecule has 0 bridgehead atoms. The predicted octanol–water partition coefficient (Wildman–Crippen LogP) is 3.74. The van der Waals surface area contributed by atoms with Crippen molar-refractivity contribution in [3.05, 3.63) is 46.2 Å². The largest absolute Gasteiger partial charge is 0.442 e. The minimum absolute atomic E-state index is 0.0284. The lowest BCUT2D eigenvalue weighted by Crippen LogP contribution is -2.36. The number of hydrogen-bond acceptors (Lipinski definition) is 6. The Morgan fingerprint density at radius 1 is 1.32 bits per heavy atom. The summed E-state index contributed by atoms with van der Waals surface area (Å²) in [6.07, 6.45) is 5.99. The van der Waals surface area contributed by atoms with Crippen LogP contribution < -0.4 is 5.32 Å². The zero-order valence-corrected chi connectivity index (χ0v) is 16.5. The number of hydrogen-bond donors (Lipinski definition) is 1. The number of carbonyl (C=O) groups excluding carboxylic acids is 1. The molecule has 0 aromatic carbocycles. The van der Waals surface area contributed by atoms with Gasteiger partial charge in [0, 0.05) is 24.8 Å². The summed E-state index contributed by atoms with van der Waals surface area (Å²) in [6.45, 7) is 5.03. The molecule has 7 nitrogen and oxygen atoms in total. The maximum absolute atomic E-state index is 13.5. The van der Waals surface area contributed by atoms with Crippen LogP contribution in [-0.4, -0.2) is 37.8 Å². The Bertz CT molecular complexity index is 1110. The molecule has 1 N–H and O–H groups in total. The average molecular weight is 398 g/mol. The van der Waals surface area contributed by atoms with Gasteiger partial charge in [0.2, 0.25) is 5.71 Å². The smallest absolute Gasteiger partial charge is 0.258 e. The Hall–Kier alpha value is -2.67. The summed E-state index contributed by atoms with van der Waals surface area (Å²) < 4.78 is 5.81. The summed E-state index contributed by atoms with van der Waals surface area (Å²) in [7, 11) is 0. The number of pyridine rings is 1. The van der Waals surface area contributed by atoms with Crippen molar-refractivity contribution < 1.29 is 9.21 Å². The molecule has 0 radical (unpaired) electrons. The molecule has 1 saturated carbocycles. The van der Waals surface area contributed by atoms with Crippen LogP contribution in [0.3, 0.4) is 0 Å². The van der Waals surface area contributed by atoms with E-state index in [1.54, 1.807) is 13.1 Å². The van der Waals surface area contributed by atoms with E-state index in [1.165, 1.54) is 6.33 Å². The maximum Gasteiger partial charge on any atom is 0.258 e. The Morgan fingerprint density at radius 3 is 2.93 bits per heavy atom. The molecular formula is C20H20ClN5O2. The lowest BCUT2D eigenvalue weighted by atomic mass is 10.0. The van der Waals surface area contributed by atoms with Crippen molar-refractivity contribution in [3.8, 4) is 0 Å². The molecule has 144 valence electrons. The van der Waals surface area contributed by atoms with E-state index in [0.717, 1.165) is 24.0 Å². The first-order chi connectivity index (χ1) is 13.5. The molecule has 28 heavy (non-hydrogen) atoms.